The molecule has 0 aliphatic heterocycles. The molecule has 1 heterocycles. The molecule has 0 bridgehead atoms. The Bertz CT molecular complexity index is 327. The van der Waals surface area contributed by atoms with E-state index in [0.29, 0.717) is 6.04 Å². The molecule has 16 heavy (non-hydrogen) atoms. The van der Waals surface area contributed by atoms with Crippen LogP contribution in [-0.2, 0) is 6.42 Å². The van der Waals surface area contributed by atoms with Crippen molar-refractivity contribution in [3.05, 3.63) is 34.0 Å². The first-order valence-corrected chi connectivity index (χ1v) is 6.95. The van der Waals surface area contributed by atoms with Gasteiger partial charge in [-0.2, -0.15) is 0 Å². The average molecular weight is 237 g/mol. The summed E-state index contributed by atoms with van der Waals surface area (Å²) in [6.45, 7) is 11.5. The van der Waals surface area contributed by atoms with Crippen LogP contribution >= 0.6 is 11.3 Å². The lowest BCUT2D eigenvalue weighted by molar-refractivity contribution is 0.522. The minimum absolute atomic E-state index is 0.506. The largest absolute Gasteiger partial charge is 0.310 e. The van der Waals surface area contributed by atoms with E-state index in [9.17, 15) is 0 Å². The van der Waals surface area contributed by atoms with Gasteiger partial charge < -0.3 is 5.32 Å². The van der Waals surface area contributed by atoms with Crippen molar-refractivity contribution in [2.45, 2.75) is 46.1 Å². The maximum Gasteiger partial charge on any atom is 0.0417 e. The zero-order chi connectivity index (χ0) is 12.0. The second-order valence-corrected chi connectivity index (χ2v) is 5.46. The topological polar surface area (TPSA) is 12.0 Å². The van der Waals surface area contributed by atoms with E-state index >= 15 is 0 Å². The molecule has 0 aromatic carbocycles. The number of rotatable bonds is 7. The fourth-order valence-electron chi connectivity index (χ4n) is 1.75. The lowest BCUT2D eigenvalue weighted by Gasteiger charge is -2.16. The minimum Gasteiger partial charge on any atom is -0.310 e. The molecular weight excluding hydrogens is 214 g/mol. The highest BCUT2D eigenvalue weighted by molar-refractivity contribution is 7.12. The van der Waals surface area contributed by atoms with Gasteiger partial charge in [0.25, 0.3) is 0 Å². The summed E-state index contributed by atoms with van der Waals surface area (Å²) in [5.74, 6) is 0. The molecule has 0 aliphatic carbocycles. The van der Waals surface area contributed by atoms with Crippen LogP contribution in [0.15, 0.2) is 24.3 Å². The van der Waals surface area contributed by atoms with E-state index in [1.165, 1.54) is 15.3 Å². The van der Waals surface area contributed by atoms with E-state index in [4.69, 9.17) is 0 Å². The maximum atomic E-state index is 3.98. The molecule has 0 spiro atoms. The van der Waals surface area contributed by atoms with Gasteiger partial charge >= 0.3 is 0 Å². The Morgan fingerprint density at radius 3 is 2.69 bits per heavy atom. The summed E-state index contributed by atoms with van der Waals surface area (Å²) in [6.07, 6.45) is 3.41. The highest BCUT2D eigenvalue weighted by atomic mass is 32.1. The third kappa shape index (κ3) is 4.11. The first-order chi connectivity index (χ1) is 7.67. The highest BCUT2D eigenvalue weighted by Gasteiger charge is 2.12. The molecule has 0 fully saturated rings. The normalized spacial score (nSPS) is 12.7. The van der Waals surface area contributed by atoms with Gasteiger partial charge in [-0.05, 0) is 44.9 Å². The SMILES string of the molecule is C=C(C)CCC(NCC)c1ccc(CC)s1. The van der Waals surface area contributed by atoms with E-state index in [0.717, 1.165) is 25.8 Å². The summed E-state index contributed by atoms with van der Waals surface area (Å²) in [5.41, 5.74) is 1.27. The number of aryl methyl sites for hydroxylation is 1. The zero-order valence-corrected chi connectivity index (χ0v) is 11.5. The third-order valence-electron chi connectivity index (χ3n) is 2.68. The van der Waals surface area contributed by atoms with Crippen molar-refractivity contribution < 1.29 is 0 Å². The van der Waals surface area contributed by atoms with Gasteiger partial charge in [-0.1, -0.05) is 19.4 Å². The van der Waals surface area contributed by atoms with Crippen molar-refractivity contribution in [2.75, 3.05) is 6.54 Å². The lowest BCUT2D eigenvalue weighted by atomic mass is 10.1. The van der Waals surface area contributed by atoms with Crippen LogP contribution in [0.1, 0.15) is 49.4 Å². The van der Waals surface area contributed by atoms with Crippen LogP contribution in [0.25, 0.3) is 0 Å². The second-order valence-electron chi connectivity index (χ2n) is 4.26. The van der Waals surface area contributed by atoms with Gasteiger partial charge in [-0.15, -0.1) is 17.9 Å². The van der Waals surface area contributed by atoms with E-state index in [1.54, 1.807) is 0 Å². The summed E-state index contributed by atoms with van der Waals surface area (Å²) in [7, 11) is 0. The van der Waals surface area contributed by atoms with Crippen molar-refractivity contribution in [3.63, 3.8) is 0 Å². The van der Waals surface area contributed by atoms with Crippen LogP contribution in [-0.4, -0.2) is 6.54 Å². The number of hydrogen-bond donors (Lipinski definition) is 1. The molecule has 1 atom stereocenters. The van der Waals surface area contributed by atoms with Crippen molar-refractivity contribution >= 4 is 11.3 Å². The quantitative estimate of drug-likeness (QED) is 0.697. The molecule has 0 aliphatic rings. The molecule has 1 aromatic rings. The predicted molar refractivity (Wildman–Crippen MR) is 74.2 cm³/mol. The molecule has 90 valence electrons. The molecule has 0 saturated heterocycles. The molecule has 1 rings (SSSR count). The molecule has 0 radical (unpaired) electrons. The van der Waals surface area contributed by atoms with Gasteiger partial charge in [0.15, 0.2) is 0 Å². The Kier molecular flexibility index (Phi) is 5.78. The minimum atomic E-state index is 0.506. The summed E-state index contributed by atoms with van der Waals surface area (Å²) in [6, 6.07) is 5.03. The number of hydrogen-bond acceptors (Lipinski definition) is 2. The first-order valence-electron chi connectivity index (χ1n) is 6.13. The number of nitrogens with one attached hydrogen (secondary N) is 1. The second kappa shape index (κ2) is 6.87. The van der Waals surface area contributed by atoms with E-state index in [-0.39, 0.29) is 0 Å². The molecule has 1 N–H and O–H groups in total. The molecular formula is C14H23NS. The van der Waals surface area contributed by atoms with Crippen LogP contribution in [0.4, 0.5) is 0 Å². The fraction of sp³-hybridized carbons (Fsp3) is 0.571. The Balaban J connectivity index is 2.64. The summed E-state index contributed by atoms with van der Waals surface area (Å²) in [5, 5.41) is 3.56. The molecule has 1 unspecified atom stereocenters. The van der Waals surface area contributed by atoms with Gasteiger partial charge in [0.05, 0.1) is 0 Å². The van der Waals surface area contributed by atoms with Crippen LogP contribution in [0, 0.1) is 0 Å². The van der Waals surface area contributed by atoms with Crippen LogP contribution < -0.4 is 5.32 Å². The molecule has 0 saturated carbocycles. The summed E-state index contributed by atoms with van der Waals surface area (Å²) >= 11 is 1.94. The monoisotopic (exact) mass is 237 g/mol. The molecule has 0 amide bonds. The summed E-state index contributed by atoms with van der Waals surface area (Å²) < 4.78 is 0. The zero-order valence-electron chi connectivity index (χ0n) is 10.7. The Morgan fingerprint density at radius 1 is 1.44 bits per heavy atom. The van der Waals surface area contributed by atoms with Crippen LogP contribution in [0.2, 0.25) is 0 Å². The average Bonchev–Trinajstić information content (AvgIpc) is 2.72. The van der Waals surface area contributed by atoms with E-state index in [2.05, 4.69) is 44.8 Å². The lowest BCUT2D eigenvalue weighted by Crippen LogP contribution is -2.19. The summed E-state index contributed by atoms with van der Waals surface area (Å²) in [4.78, 5) is 2.95. The van der Waals surface area contributed by atoms with Gasteiger partial charge in [-0.25, -0.2) is 0 Å². The number of allylic oxidation sites excluding steroid dienone is 1. The van der Waals surface area contributed by atoms with Gasteiger partial charge in [-0.3, -0.25) is 0 Å². The van der Waals surface area contributed by atoms with Crippen molar-refractivity contribution in [1.82, 2.24) is 5.32 Å². The third-order valence-corrected chi connectivity index (χ3v) is 4.03. The predicted octanol–water partition coefficient (Wildman–Crippen LogP) is 4.32. The van der Waals surface area contributed by atoms with Crippen molar-refractivity contribution in [2.24, 2.45) is 0 Å². The standard InChI is InChI=1S/C14H23NS/c1-5-12-8-10-14(16-12)13(15-6-2)9-7-11(3)4/h8,10,13,15H,3,5-7,9H2,1-2,4H3. The van der Waals surface area contributed by atoms with Crippen molar-refractivity contribution in [3.8, 4) is 0 Å². The molecule has 1 aromatic heterocycles. The van der Waals surface area contributed by atoms with Crippen molar-refractivity contribution in [1.29, 1.82) is 0 Å². The van der Waals surface area contributed by atoms with Gasteiger partial charge in [0.2, 0.25) is 0 Å². The molecule has 2 heteroatoms. The Labute approximate surface area is 104 Å². The van der Waals surface area contributed by atoms with Gasteiger partial charge in [0.1, 0.15) is 0 Å². The Hall–Kier alpha value is -0.600. The maximum absolute atomic E-state index is 3.98. The smallest absolute Gasteiger partial charge is 0.0417 e. The van der Waals surface area contributed by atoms with E-state index < -0.39 is 0 Å². The van der Waals surface area contributed by atoms with Crippen LogP contribution in [0.5, 0.6) is 0 Å². The molecule has 1 nitrogen and oxygen atoms in total. The van der Waals surface area contributed by atoms with E-state index in [1.807, 2.05) is 11.3 Å². The van der Waals surface area contributed by atoms with Gasteiger partial charge in [0, 0.05) is 15.8 Å². The number of thiophene rings is 1. The first kappa shape index (κ1) is 13.5. The Morgan fingerprint density at radius 2 is 2.19 bits per heavy atom. The van der Waals surface area contributed by atoms with Crippen LogP contribution in [0.3, 0.4) is 0 Å². The highest BCUT2D eigenvalue weighted by Crippen LogP contribution is 2.27. The fourth-order valence-corrected chi connectivity index (χ4v) is 2.82.